The summed E-state index contributed by atoms with van der Waals surface area (Å²) < 4.78 is 5.60. The molecule has 160 valence electrons. The molecule has 0 saturated carbocycles. The van der Waals surface area contributed by atoms with Crippen LogP contribution in [0.4, 0.5) is 0 Å². The van der Waals surface area contributed by atoms with E-state index >= 15 is 0 Å². The van der Waals surface area contributed by atoms with E-state index in [1.807, 2.05) is 42.5 Å². The van der Waals surface area contributed by atoms with Gasteiger partial charge in [0, 0.05) is 26.2 Å². The number of amides is 1. The van der Waals surface area contributed by atoms with Crippen LogP contribution < -0.4 is 11.1 Å². The van der Waals surface area contributed by atoms with Gasteiger partial charge in [-0.15, -0.1) is 24.8 Å². The Morgan fingerprint density at radius 2 is 1.83 bits per heavy atom. The molecule has 2 aromatic carbocycles. The lowest BCUT2D eigenvalue weighted by molar-refractivity contribution is -0.122. The fourth-order valence-corrected chi connectivity index (χ4v) is 3.41. The molecule has 3 rings (SSSR count). The Bertz CT molecular complexity index is 746. The molecule has 0 radical (unpaired) electrons. The first-order valence-electron chi connectivity index (χ1n) is 9.59. The van der Waals surface area contributed by atoms with Crippen LogP contribution >= 0.6 is 24.8 Å². The molecule has 5 nitrogen and oxygen atoms in total. The van der Waals surface area contributed by atoms with Crippen molar-refractivity contribution in [2.24, 2.45) is 5.73 Å². The predicted octanol–water partition coefficient (Wildman–Crippen LogP) is 2.94. The first-order valence-corrected chi connectivity index (χ1v) is 9.59. The van der Waals surface area contributed by atoms with E-state index in [9.17, 15) is 4.79 Å². The lowest BCUT2D eigenvalue weighted by atomic mass is 10.1. The van der Waals surface area contributed by atoms with Gasteiger partial charge in [0.2, 0.25) is 5.91 Å². The van der Waals surface area contributed by atoms with Gasteiger partial charge < -0.3 is 15.8 Å². The molecule has 1 aliphatic heterocycles. The van der Waals surface area contributed by atoms with E-state index in [0.29, 0.717) is 13.0 Å². The number of benzene rings is 2. The largest absolute Gasteiger partial charge is 0.376 e. The Labute approximate surface area is 185 Å². The number of nitrogens with one attached hydrogen (secondary N) is 1. The van der Waals surface area contributed by atoms with Crippen molar-refractivity contribution >= 4 is 30.7 Å². The maximum absolute atomic E-state index is 12.3. The maximum Gasteiger partial charge on any atom is 0.237 e. The van der Waals surface area contributed by atoms with Gasteiger partial charge >= 0.3 is 0 Å². The highest BCUT2D eigenvalue weighted by atomic mass is 35.5. The lowest BCUT2D eigenvalue weighted by Crippen LogP contribution is -2.41. The number of hydrogen-bond acceptors (Lipinski definition) is 4. The molecule has 1 aliphatic rings. The number of rotatable bonds is 7. The molecule has 2 aromatic rings. The fraction of sp³-hybridized carbons (Fsp3) is 0.409. The molecule has 2 atom stereocenters. The van der Waals surface area contributed by atoms with Crippen LogP contribution in [-0.4, -0.2) is 42.6 Å². The molecular formula is C22H31Cl2N3O2. The van der Waals surface area contributed by atoms with Crippen LogP contribution in [0.15, 0.2) is 54.6 Å². The number of halogens is 2. The van der Waals surface area contributed by atoms with Crippen LogP contribution in [0, 0.1) is 0 Å². The summed E-state index contributed by atoms with van der Waals surface area (Å²) in [5, 5.41) is 2.96. The minimum absolute atomic E-state index is 0. The van der Waals surface area contributed by atoms with Crippen molar-refractivity contribution in [2.45, 2.75) is 38.6 Å². The number of ether oxygens (including phenoxy) is 1. The van der Waals surface area contributed by atoms with Crippen LogP contribution in [0.1, 0.15) is 23.6 Å². The maximum atomic E-state index is 12.3. The first-order chi connectivity index (χ1) is 13.1. The molecule has 2 unspecified atom stereocenters. The zero-order valence-corrected chi connectivity index (χ0v) is 18.4. The van der Waals surface area contributed by atoms with E-state index in [1.54, 1.807) is 0 Å². The molecule has 0 bridgehead atoms. The van der Waals surface area contributed by atoms with Crippen molar-refractivity contribution < 1.29 is 9.53 Å². The minimum atomic E-state index is -0.537. The summed E-state index contributed by atoms with van der Waals surface area (Å²) in [5.74, 6) is -0.119. The number of morpholine rings is 1. The highest BCUT2D eigenvalue weighted by molar-refractivity contribution is 5.85. The Morgan fingerprint density at radius 1 is 1.14 bits per heavy atom. The summed E-state index contributed by atoms with van der Waals surface area (Å²) >= 11 is 0. The summed E-state index contributed by atoms with van der Waals surface area (Å²) in [4.78, 5) is 14.7. The molecule has 0 aliphatic carbocycles. The van der Waals surface area contributed by atoms with E-state index in [4.69, 9.17) is 10.5 Å². The van der Waals surface area contributed by atoms with Crippen molar-refractivity contribution in [1.82, 2.24) is 10.2 Å². The van der Waals surface area contributed by atoms with Crippen LogP contribution in [0.5, 0.6) is 0 Å². The molecular weight excluding hydrogens is 409 g/mol. The van der Waals surface area contributed by atoms with E-state index < -0.39 is 6.04 Å². The molecule has 1 amide bonds. The Kier molecular flexibility index (Phi) is 11.2. The van der Waals surface area contributed by atoms with Gasteiger partial charge in [-0.1, -0.05) is 54.6 Å². The molecule has 1 heterocycles. The second-order valence-electron chi connectivity index (χ2n) is 7.25. The van der Waals surface area contributed by atoms with Gasteiger partial charge in [0.15, 0.2) is 0 Å². The average Bonchev–Trinajstić information content (AvgIpc) is 2.67. The third-order valence-electron chi connectivity index (χ3n) is 4.82. The van der Waals surface area contributed by atoms with Gasteiger partial charge in [0.05, 0.1) is 18.8 Å². The molecule has 0 aromatic heterocycles. The second-order valence-corrected chi connectivity index (χ2v) is 7.25. The lowest BCUT2D eigenvalue weighted by Gasteiger charge is -2.31. The highest BCUT2D eigenvalue weighted by Crippen LogP contribution is 2.12. The topological polar surface area (TPSA) is 67.6 Å². The van der Waals surface area contributed by atoms with Gasteiger partial charge in [-0.05, 0) is 30.0 Å². The number of hydrogen-bond donors (Lipinski definition) is 2. The monoisotopic (exact) mass is 439 g/mol. The second kappa shape index (κ2) is 12.8. The van der Waals surface area contributed by atoms with Crippen LogP contribution in [0.2, 0.25) is 0 Å². The fourth-order valence-electron chi connectivity index (χ4n) is 3.41. The Hall–Kier alpha value is -1.63. The summed E-state index contributed by atoms with van der Waals surface area (Å²) in [7, 11) is 0. The van der Waals surface area contributed by atoms with Crippen LogP contribution in [0.3, 0.4) is 0 Å². The van der Waals surface area contributed by atoms with Crippen molar-refractivity contribution in [1.29, 1.82) is 0 Å². The number of carbonyl (C=O) groups excluding carboxylic acids is 1. The number of nitrogens with two attached hydrogens (primary N) is 1. The summed E-state index contributed by atoms with van der Waals surface area (Å²) in [6.07, 6.45) is 0.828. The van der Waals surface area contributed by atoms with Crippen molar-refractivity contribution in [3.8, 4) is 0 Å². The van der Waals surface area contributed by atoms with Crippen molar-refractivity contribution in [3.63, 3.8) is 0 Å². The summed E-state index contributed by atoms with van der Waals surface area (Å²) in [6, 6.07) is 17.7. The van der Waals surface area contributed by atoms with E-state index in [0.717, 1.165) is 37.4 Å². The molecule has 7 heteroatoms. The summed E-state index contributed by atoms with van der Waals surface area (Å²) in [6.45, 7) is 6.21. The van der Waals surface area contributed by atoms with Crippen LogP contribution in [-0.2, 0) is 29.0 Å². The number of nitrogens with zero attached hydrogens (tertiary/aromatic N) is 1. The SMILES string of the molecule is CC1CN(Cc2cccc(CNC(=O)C(N)Cc3ccccc3)c2)CCO1.Cl.Cl. The standard InChI is InChI=1S/C22H29N3O2.2ClH/c1-17-15-25(10-11-27-17)16-20-9-5-8-19(12-20)14-24-22(26)21(23)13-18-6-3-2-4-7-18;;/h2-9,12,17,21H,10-11,13-16,23H2,1H3,(H,24,26);2*1H. The average molecular weight is 440 g/mol. The normalized spacial score (nSPS) is 17.5. The zero-order chi connectivity index (χ0) is 19.1. The predicted molar refractivity (Wildman–Crippen MR) is 122 cm³/mol. The van der Waals surface area contributed by atoms with Gasteiger partial charge in [0.25, 0.3) is 0 Å². The van der Waals surface area contributed by atoms with Crippen LogP contribution in [0.25, 0.3) is 0 Å². The third kappa shape index (κ3) is 8.33. The molecule has 29 heavy (non-hydrogen) atoms. The van der Waals surface area contributed by atoms with Crippen molar-refractivity contribution in [3.05, 3.63) is 71.3 Å². The smallest absolute Gasteiger partial charge is 0.237 e. The molecule has 1 fully saturated rings. The van der Waals surface area contributed by atoms with E-state index in [-0.39, 0.29) is 36.8 Å². The van der Waals surface area contributed by atoms with Gasteiger partial charge in [-0.2, -0.15) is 0 Å². The zero-order valence-electron chi connectivity index (χ0n) is 16.8. The van der Waals surface area contributed by atoms with E-state index in [2.05, 4.69) is 29.3 Å². The van der Waals surface area contributed by atoms with Gasteiger partial charge in [-0.3, -0.25) is 9.69 Å². The molecule has 1 saturated heterocycles. The first kappa shape index (κ1) is 25.4. The Balaban J connectivity index is 0.00000210. The van der Waals surface area contributed by atoms with Gasteiger partial charge in [0.1, 0.15) is 0 Å². The molecule has 0 spiro atoms. The van der Waals surface area contributed by atoms with Gasteiger partial charge in [-0.25, -0.2) is 0 Å². The molecule has 3 N–H and O–H groups in total. The Morgan fingerprint density at radius 3 is 2.55 bits per heavy atom. The minimum Gasteiger partial charge on any atom is -0.376 e. The van der Waals surface area contributed by atoms with Crippen molar-refractivity contribution in [2.75, 3.05) is 19.7 Å². The number of carbonyl (C=O) groups is 1. The quantitative estimate of drug-likeness (QED) is 0.695. The highest BCUT2D eigenvalue weighted by Gasteiger charge is 2.17. The summed E-state index contributed by atoms with van der Waals surface area (Å²) in [5.41, 5.74) is 9.47. The third-order valence-corrected chi connectivity index (χ3v) is 4.82. The van der Waals surface area contributed by atoms with E-state index in [1.165, 1.54) is 5.56 Å².